The van der Waals surface area contributed by atoms with E-state index in [1.807, 2.05) is 36.9 Å². The van der Waals surface area contributed by atoms with Crippen LogP contribution >= 0.6 is 11.8 Å². The summed E-state index contributed by atoms with van der Waals surface area (Å²) in [5.74, 6) is 2.26. The Balaban J connectivity index is 1.48. The molecule has 1 atom stereocenters. The molecule has 0 N–H and O–H groups in total. The van der Waals surface area contributed by atoms with Crippen LogP contribution < -0.4 is 4.74 Å². The van der Waals surface area contributed by atoms with Gasteiger partial charge in [-0.25, -0.2) is 0 Å². The fourth-order valence-electron chi connectivity index (χ4n) is 2.99. The number of hydrogen-bond donors (Lipinski definition) is 0. The molecule has 2 heterocycles. The summed E-state index contributed by atoms with van der Waals surface area (Å²) < 4.78 is 11.3. The maximum absolute atomic E-state index is 12.3. The molecule has 0 radical (unpaired) electrons. The number of carbonyl (C=O) groups excluding carboxylic acids is 1. The molecule has 0 spiro atoms. The fourth-order valence-corrected chi connectivity index (χ4v) is 3.67. The topological polar surface area (TPSA) is 68.5 Å². The second-order valence-corrected chi connectivity index (χ2v) is 7.82. The van der Waals surface area contributed by atoms with E-state index in [4.69, 9.17) is 9.15 Å². The highest BCUT2D eigenvalue weighted by Gasteiger charge is 2.21. The molecule has 26 heavy (non-hydrogen) atoms. The van der Waals surface area contributed by atoms with Crippen LogP contribution in [0.4, 0.5) is 0 Å². The van der Waals surface area contributed by atoms with E-state index >= 15 is 0 Å². The highest BCUT2D eigenvalue weighted by atomic mass is 32.2. The lowest BCUT2D eigenvalue weighted by Crippen LogP contribution is -2.40. The van der Waals surface area contributed by atoms with E-state index in [9.17, 15) is 4.79 Å². The smallest absolute Gasteiger partial charge is 0.277 e. The quantitative estimate of drug-likeness (QED) is 0.719. The third kappa shape index (κ3) is 5.00. The Hall–Kier alpha value is -2.02. The van der Waals surface area contributed by atoms with Gasteiger partial charge < -0.3 is 14.1 Å². The van der Waals surface area contributed by atoms with Gasteiger partial charge in [0.05, 0.1) is 5.75 Å². The van der Waals surface area contributed by atoms with Crippen molar-refractivity contribution in [1.29, 1.82) is 0 Å². The molecule has 1 saturated heterocycles. The summed E-state index contributed by atoms with van der Waals surface area (Å²) in [6.07, 6.45) is 2.28. The summed E-state index contributed by atoms with van der Waals surface area (Å²) in [6.45, 7) is 8.12. The SMILES string of the molecule is Cc1ccc(C)c(OCc2nnc(SCC(=O)N3CCCC(C)C3)o2)c1. The molecule has 1 aliphatic rings. The summed E-state index contributed by atoms with van der Waals surface area (Å²) in [6, 6.07) is 6.05. The molecule has 0 aliphatic carbocycles. The van der Waals surface area contributed by atoms with Gasteiger partial charge in [0.25, 0.3) is 11.1 Å². The van der Waals surface area contributed by atoms with Gasteiger partial charge in [0.1, 0.15) is 5.75 Å². The molecule has 6 nitrogen and oxygen atoms in total. The first-order valence-electron chi connectivity index (χ1n) is 8.94. The zero-order valence-corrected chi connectivity index (χ0v) is 16.3. The number of hydrogen-bond acceptors (Lipinski definition) is 6. The number of aryl methyl sites for hydroxylation is 2. The standard InChI is InChI=1S/C19H25N3O3S/c1-13-6-7-15(3)16(9-13)24-11-17-20-21-19(25-17)26-12-18(23)22-8-4-5-14(2)10-22/h6-7,9,14H,4-5,8,10-12H2,1-3H3. The van der Waals surface area contributed by atoms with Gasteiger partial charge >= 0.3 is 0 Å². The van der Waals surface area contributed by atoms with Gasteiger partial charge in [-0.15, -0.1) is 10.2 Å². The molecule has 1 aromatic carbocycles. The van der Waals surface area contributed by atoms with Crippen LogP contribution in [0.25, 0.3) is 0 Å². The zero-order chi connectivity index (χ0) is 18.5. The number of ether oxygens (including phenoxy) is 1. The molecule has 2 aromatic rings. The first-order valence-corrected chi connectivity index (χ1v) is 9.93. The number of benzene rings is 1. The third-order valence-corrected chi connectivity index (χ3v) is 5.28. The number of amides is 1. The van der Waals surface area contributed by atoms with Gasteiger partial charge in [-0.1, -0.05) is 30.8 Å². The minimum Gasteiger partial charge on any atom is -0.484 e. The van der Waals surface area contributed by atoms with Crippen molar-refractivity contribution in [2.75, 3.05) is 18.8 Å². The molecular formula is C19H25N3O3S. The molecule has 0 bridgehead atoms. The molecule has 1 fully saturated rings. The van der Waals surface area contributed by atoms with Crippen LogP contribution in [-0.2, 0) is 11.4 Å². The van der Waals surface area contributed by atoms with Gasteiger partial charge in [-0.2, -0.15) is 0 Å². The average molecular weight is 375 g/mol. The van der Waals surface area contributed by atoms with Crippen LogP contribution in [0.15, 0.2) is 27.8 Å². The molecule has 1 aromatic heterocycles. The minimum absolute atomic E-state index is 0.132. The highest BCUT2D eigenvalue weighted by Crippen LogP contribution is 2.22. The van der Waals surface area contributed by atoms with Gasteiger partial charge in [-0.05, 0) is 49.8 Å². The summed E-state index contributed by atoms with van der Waals surface area (Å²) in [5, 5.41) is 8.40. The summed E-state index contributed by atoms with van der Waals surface area (Å²) >= 11 is 1.28. The molecule has 1 aliphatic heterocycles. The molecule has 0 saturated carbocycles. The molecule has 140 valence electrons. The van der Waals surface area contributed by atoms with Gasteiger partial charge in [0.15, 0.2) is 6.61 Å². The number of rotatable bonds is 6. The monoisotopic (exact) mass is 375 g/mol. The maximum Gasteiger partial charge on any atom is 0.277 e. The number of thioether (sulfide) groups is 1. The second-order valence-electron chi connectivity index (χ2n) is 6.90. The molecule has 7 heteroatoms. The number of aromatic nitrogens is 2. The Morgan fingerprint density at radius 3 is 3.04 bits per heavy atom. The molecule has 3 rings (SSSR count). The number of nitrogens with zero attached hydrogens (tertiary/aromatic N) is 3. The summed E-state index contributed by atoms with van der Waals surface area (Å²) in [5.41, 5.74) is 2.20. The fraction of sp³-hybridized carbons (Fsp3) is 0.526. The van der Waals surface area contributed by atoms with Crippen molar-refractivity contribution in [1.82, 2.24) is 15.1 Å². The van der Waals surface area contributed by atoms with E-state index in [0.717, 1.165) is 36.4 Å². The lowest BCUT2D eigenvalue weighted by molar-refractivity contribution is -0.130. The Bertz CT molecular complexity index is 762. The lowest BCUT2D eigenvalue weighted by Gasteiger charge is -2.30. The van der Waals surface area contributed by atoms with Crippen molar-refractivity contribution in [2.45, 2.75) is 45.4 Å². The molecule has 1 unspecified atom stereocenters. The number of carbonyl (C=O) groups is 1. The highest BCUT2D eigenvalue weighted by molar-refractivity contribution is 7.99. The number of piperidine rings is 1. The normalized spacial score (nSPS) is 17.3. The van der Waals surface area contributed by atoms with Crippen LogP contribution in [0.3, 0.4) is 0 Å². The van der Waals surface area contributed by atoms with Gasteiger partial charge in [0, 0.05) is 13.1 Å². The van der Waals surface area contributed by atoms with Crippen LogP contribution in [0, 0.1) is 19.8 Å². The van der Waals surface area contributed by atoms with Crippen LogP contribution in [0.2, 0.25) is 0 Å². The van der Waals surface area contributed by atoms with Crippen molar-refractivity contribution in [3.05, 3.63) is 35.2 Å². The average Bonchev–Trinajstić information content (AvgIpc) is 3.08. The van der Waals surface area contributed by atoms with Crippen LogP contribution in [0.1, 0.15) is 36.8 Å². The van der Waals surface area contributed by atoms with E-state index in [1.165, 1.54) is 18.2 Å². The van der Waals surface area contributed by atoms with E-state index in [1.54, 1.807) is 0 Å². The van der Waals surface area contributed by atoms with E-state index in [2.05, 4.69) is 17.1 Å². The summed E-state index contributed by atoms with van der Waals surface area (Å²) in [7, 11) is 0. The Morgan fingerprint density at radius 2 is 2.23 bits per heavy atom. The summed E-state index contributed by atoms with van der Waals surface area (Å²) in [4.78, 5) is 14.2. The zero-order valence-electron chi connectivity index (χ0n) is 15.5. The van der Waals surface area contributed by atoms with E-state index in [-0.39, 0.29) is 12.5 Å². The van der Waals surface area contributed by atoms with Crippen molar-refractivity contribution in [2.24, 2.45) is 5.92 Å². The van der Waals surface area contributed by atoms with Crippen molar-refractivity contribution in [3.63, 3.8) is 0 Å². The van der Waals surface area contributed by atoms with Gasteiger partial charge in [0.2, 0.25) is 5.91 Å². The third-order valence-electron chi connectivity index (χ3n) is 4.47. The van der Waals surface area contributed by atoms with Gasteiger partial charge in [-0.3, -0.25) is 4.79 Å². The minimum atomic E-state index is 0.132. The largest absolute Gasteiger partial charge is 0.484 e. The van der Waals surface area contributed by atoms with Crippen LogP contribution in [-0.4, -0.2) is 39.8 Å². The first kappa shape index (κ1) is 18.8. The predicted octanol–water partition coefficient (Wildman–Crippen LogP) is 3.62. The Kier molecular flexibility index (Phi) is 6.19. The second kappa shape index (κ2) is 8.58. The molecular weight excluding hydrogens is 350 g/mol. The number of likely N-dealkylation sites (tertiary alicyclic amines) is 1. The lowest BCUT2D eigenvalue weighted by atomic mass is 10.0. The van der Waals surface area contributed by atoms with Crippen molar-refractivity contribution >= 4 is 17.7 Å². The van der Waals surface area contributed by atoms with Crippen molar-refractivity contribution in [3.8, 4) is 5.75 Å². The van der Waals surface area contributed by atoms with E-state index < -0.39 is 0 Å². The van der Waals surface area contributed by atoms with Crippen LogP contribution in [0.5, 0.6) is 5.75 Å². The maximum atomic E-state index is 12.3. The molecule has 1 amide bonds. The van der Waals surface area contributed by atoms with E-state index in [0.29, 0.717) is 22.8 Å². The first-order chi connectivity index (χ1) is 12.5. The Labute approximate surface area is 158 Å². The Morgan fingerprint density at radius 1 is 1.38 bits per heavy atom. The predicted molar refractivity (Wildman–Crippen MR) is 100 cm³/mol. The van der Waals surface area contributed by atoms with Crippen molar-refractivity contribution < 1.29 is 13.9 Å².